The van der Waals surface area contributed by atoms with Crippen LogP contribution in [0.15, 0.2) is 24.3 Å². The smallest absolute Gasteiger partial charge is 0.118 e. The Morgan fingerprint density at radius 2 is 1.80 bits per heavy atom. The van der Waals surface area contributed by atoms with Crippen molar-refractivity contribution in [3.8, 4) is 5.75 Å². The van der Waals surface area contributed by atoms with E-state index >= 15 is 0 Å². The maximum absolute atomic E-state index is 5.23. The highest BCUT2D eigenvalue weighted by Gasteiger charge is 2.24. The Morgan fingerprint density at radius 3 is 2.25 bits per heavy atom. The van der Waals surface area contributed by atoms with Crippen molar-refractivity contribution in [2.45, 2.75) is 45.7 Å². The molecule has 0 amide bonds. The number of methoxy groups -OCH3 is 1. The highest BCUT2D eigenvalue weighted by Crippen LogP contribution is 2.23. The first kappa shape index (κ1) is 17.0. The Hall–Kier alpha value is -1.06. The summed E-state index contributed by atoms with van der Waals surface area (Å²) in [7, 11) is 3.91. The van der Waals surface area contributed by atoms with Crippen LogP contribution in [0.1, 0.15) is 45.7 Å². The number of hydrogen-bond acceptors (Lipinski definition) is 3. The Labute approximate surface area is 124 Å². The average molecular weight is 278 g/mol. The van der Waals surface area contributed by atoms with Crippen LogP contribution in [0.2, 0.25) is 0 Å². The van der Waals surface area contributed by atoms with Gasteiger partial charge in [0.25, 0.3) is 0 Å². The van der Waals surface area contributed by atoms with E-state index in [0.717, 1.165) is 25.3 Å². The molecule has 0 aromatic heterocycles. The molecule has 0 aliphatic heterocycles. The summed E-state index contributed by atoms with van der Waals surface area (Å²) >= 11 is 0. The molecule has 114 valence electrons. The lowest BCUT2D eigenvalue weighted by Gasteiger charge is -2.37. The minimum absolute atomic E-state index is 0.222. The van der Waals surface area contributed by atoms with E-state index in [-0.39, 0.29) is 5.54 Å². The lowest BCUT2D eigenvalue weighted by molar-refractivity contribution is 0.136. The second kappa shape index (κ2) is 7.65. The lowest BCUT2D eigenvalue weighted by Crippen LogP contribution is -2.45. The molecule has 0 spiro atoms. The van der Waals surface area contributed by atoms with E-state index in [4.69, 9.17) is 4.74 Å². The van der Waals surface area contributed by atoms with E-state index in [1.165, 1.54) is 5.56 Å². The molecule has 1 atom stereocenters. The van der Waals surface area contributed by atoms with E-state index in [1.54, 1.807) is 7.11 Å². The number of ether oxygens (including phenoxy) is 1. The first-order chi connectivity index (χ1) is 9.44. The summed E-state index contributed by atoms with van der Waals surface area (Å²) in [6.45, 7) is 11.0. The molecule has 3 nitrogen and oxygen atoms in total. The van der Waals surface area contributed by atoms with Crippen LogP contribution >= 0.6 is 0 Å². The van der Waals surface area contributed by atoms with E-state index in [0.29, 0.717) is 6.04 Å². The van der Waals surface area contributed by atoms with Crippen molar-refractivity contribution in [3.63, 3.8) is 0 Å². The summed E-state index contributed by atoms with van der Waals surface area (Å²) in [4.78, 5) is 2.44. The molecule has 0 heterocycles. The van der Waals surface area contributed by atoms with Gasteiger partial charge in [0.2, 0.25) is 0 Å². The van der Waals surface area contributed by atoms with Crippen molar-refractivity contribution in [3.05, 3.63) is 29.8 Å². The van der Waals surface area contributed by atoms with Crippen LogP contribution in [0, 0.1) is 0 Å². The van der Waals surface area contributed by atoms with Crippen molar-refractivity contribution in [1.29, 1.82) is 0 Å². The van der Waals surface area contributed by atoms with Gasteiger partial charge in [-0.05, 0) is 51.6 Å². The molecular weight excluding hydrogens is 248 g/mol. The Balaban J connectivity index is 2.82. The largest absolute Gasteiger partial charge is 0.497 e. The molecule has 1 N–H and O–H groups in total. The first-order valence-electron chi connectivity index (χ1n) is 7.53. The molecule has 0 saturated carbocycles. The third-order valence-electron chi connectivity index (χ3n) is 4.32. The zero-order chi connectivity index (χ0) is 15.2. The molecule has 0 fully saturated rings. The van der Waals surface area contributed by atoms with E-state index in [9.17, 15) is 0 Å². The van der Waals surface area contributed by atoms with Gasteiger partial charge in [-0.1, -0.05) is 26.0 Å². The van der Waals surface area contributed by atoms with E-state index < -0.39 is 0 Å². The highest BCUT2D eigenvalue weighted by atomic mass is 16.5. The minimum Gasteiger partial charge on any atom is -0.497 e. The Kier molecular flexibility index (Phi) is 6.50. The van der Waals surface area contributed by atoms with Crippen LogP contribution in [0.5, 0.6) is 5.75 Å². The summed E-state index contributed by atoms with van der Waals surface area (Å²) in [5.41, 5.74) is 1.53. The van der Waals surface area contributed by atoms with Gasteiger partial charge in [0.15, 0.2) is 0 Å². The van der Waals surface area contributed by atoms with E-state index in [2.05, 4.69) is 57.1 Å². The molecule has 0 aliphatic carbocycles. The lowest BCUT2D eigenvalue weighted by atomic mass is 9.97. The van der Waals surface area contributed by atoms with Crippen LogP contribution in [0.3, 0.4) is 0 Å². The zero-order valence-corrected chi connectivity index (χ0v) is 13.9. The van der Waals surface area contributed by atoms with Crippen molar-refractivity contribution >= 4 is 0 Å². The Bertz CT molecular complexity index is 386. The van der Waals surface area contributed by atoms with Gasteiger partial charge in [-0.2, -0.15) is 0 Å². The third-order valence-corrected chi connectivity index (χ3v) is 4.32. The molecule has 1 aromatic rings. The van der Waals surface area contributed by atoms with Crippen molar-refractivity contribution in [2.75, 3.05) is 27.2 Å². The first-order valence-corrected chi connectivity index (χ1v) is 7.53. The molecule has 1 rings (SSSR count). The second-order valence-corrected chi connectivity index (χ2v) is 5.93. The number of rotatable bonds is 8. The molecule has 0 saturated heterocycles. The predicted molar refractivity (Wildman–Crippen MR) is 86.4 cm³/mol. The van der Waals surface area contributed by atoms with Crippen LogP contribution in [-0.4, -0.2) is 37.7 Å². The molecule has 20 heavy (non-hydrogen) atoms. The fraction of sp³-hybridized carbons (Fsp3) is 0.647. The standard InChI is InChI=1S/C17H30N2O/c1-7-17(3,4)19(5)13-16(18-8-2)14-9-11-15(20-6)12-10-14/h9-12,16,18H,7-8,13H2,1-6H3. The maximum Gasteiger partial charge on any atom is 0.118 e. The topological polar surface area (TPSA) is 24.5 Å². The van der Waals surface area contributed by atoms with Crippen LogP contribution < -0.4 is 10.1 Å². The average Bonchev–Trinajstić information content (AvgIpc) is 2.46. The summed E-state index contributed by atoms with van der Waals surface area (Å²) in [5.74, 6) is 0.909. The fourth-order valence-corrected chi connectivity index (χ4v) is 2.16. The number of likely N-dealkylation sites (N-methyl/N-ethyl adjacent to an activating group) is 2. The van der Waals surface area contributed by atoms with Crippen molar-refractivity contribution in [2.24, 2.45) is 0 Å². The summed E-state index contributed by atoms with van der Waals surface area (Å²) in [5, 5.41) is 3.58. The molecule has 1 aromatic carbocycles. The molecule has 1 unspecified atom stereocenters. The number of benzene rings is 1. The quantitative estimate of drug-likeness (QED) is 0.788. The molecular formula is C17H30N2O. The van der Waals surface area contributed by atoms with Crippen LogP contribution in [0.25, 0.3) is 0 Å². The van der Waals surface area contributed by atoms with Gasteiger partial charge in [-0.3, -0.25) is 4.90 Å². The predicted octanol–water partition coefficient (Wildman–Crippen LogP) is 3.47. The molecule has 0 aliphatic rings. The summed E-state index contributed by atoms with van der Waals surface area (Å²) < 4.78 is 5.23. The number of nitrogens with one attached hydrogen (secondary N) is 1. The van der Waals surface area contributed by atoms with Crippen molar-refractivity contribution in [1.82, 2.24) is 10.2 Å². The van der Waals surface area contributed by atoms with Gasteiger partial charge in [0.05, 0.1) is 7.11 Å². The number of nitrogens with zero attached hydrogens (tertiary/aromatic N) is 1. The SMILES string of the molecule is CCNC(CN(C)C(C)(C)CC)c1ccc(OC)cc1. The number of hydrogen-bond donors (Lipinski definition) is 1. The normalized spacial score (nSPS) is 13.6. The third kappa shape index (κ3) is 4.50. The maximum atomic E-state index is 5.23. The van der Waals surface area contributed by atoms with Gasteiger partial charge < -0.3 is 10.1 Å². The Morgan fingerprint density at radius 1 is 1.20 bits per heavy atom. The monoisotopic (exact) mass is 278 g/mol. The molecule has 3 heteroatoms. The van der Waals surface area contributed by atoms with E-state index in [1.807, 2.05) is 12.1 Å². The molecule has 0 bridgehead atoms. The minimum atomic E-state index is 0.222. The second-order valence-electron chi connectivity index (χ2n) is 5.93. The summed E-state index contributed by atoms with van der Waals surface area (Å²) in [6, 6.07) is 8.72. The van der Waals surface area contributed by atoms with Gasteiger partial charge in [0, 0.05) is 18.1 Å². The van der Waals surface area contributed by atoms with Gasteiger partial charge in [-0.15, -0.1) is 0 Å². The van der Waals surface area contributed by atoms with Crippen molar-refractivity contribution < 1.29 is 4.74 Å². The summed E-state index contributed by atoms with van der Waals surface area (Å²) in [6.07, 6.45) is 1.14. The highest BCUT2D eigenvalue weighted by molar-refractivity contribution is 5.29. The molecule has 0 radical (unpaired) electrons. The van der Waals surface area contributed by atoms with Crippen LogP contribution in [-0.2, 0) is 0 Å². The van der Waals surface area contributed by atoms with Gasteiger partial charge >= 0.3 is 0 Å². The van der Waals surface area contributed by atoms with Crippen LogP contribution in [0.4, 0.5) is 0 Å². The van der Waals surface area contributed by atoms with Gasteiger partial charge in [-0.25, -0.2) is 0 Å². The fourth-order valence-electron chi connectivity index (χ4n) is 2.16. The van der Waals surface area contributed by atoms with Gasteiger partial charge in [0.1, 0.15) is 5.75 Å². The zero-order valence-electron chi connectivity index (χ0n) is 13.9.